The zero-order valence-electron chi connectivity index (χ0n) is 6.69. The lowest BCUT2D eigenvalue weighted by atomic mass is 10.1. The molecule has 0 radical (unpaired) electrons. The summed E-state index contributed by atoms with van der Waals surface area (Å²) in [5.41, 5.74) is 1.88. The molecule has 0 bridgehead atoms. The van der Waals surface area contributed by atoms with Gasteiger partial charge in [-0.2, -0.15) is 0 Å². The summed E-state index contributed by atoms with van der Waals surface area (Å²) in [6, 6.07) is 2.83. The van der Waals surface area contributed by atoms with E-state index in [2.05, 4.69) is 0 Å². The smallest absolute Gasteiger partial charge is 0.165 e. The van der Waals surface area contributed by atoms with Gasteiger partial charge in [0.25, 0.3) is 0 Å². The summed E-state index contributed by atoms with van der Waals surface area (Å²) in [5, 5.41) is 8.95. The van der Waals surface area contributed by atoms with Crippen LogP contribution in [0, 0.1) is 12.7 Å². The number of rotatable bonds is 1. The molecule has 11 heavy (non-hydrogen) atoms. The maximum atomic E-state index is 12.7. The van der Waals surface area contributed by atoms with Gasteiger partial charge in [-0.1, -0.05) is 6.92 Å². The Hall–Kier alpha value is -1.05. The highest BCUT2D eigenvalue weighted by Gasteiger charge is 2.03. The number of hydrogen-bond donors (Lipinski definition) is 1. The number of phenolic OH excluding ortho intramolecular Hbond substituents is 1. The Morgan fingerprint density at radius 2 is 2.09 bits per heavy atom. The first-order valence-corrected chi connectivity index (χ1v) is 3.63. The Kier molecular flexibility index (Phi) is 2.13. The summed E-state index contributed by atoms with van der Waals surface area (Å²) in [7, 11) is 0. The van der Waals surface area contributed by atoms with Gasteiger partial charge in [0, 0.05) is 0 Å². The molecule has 0 heterocycles. The summed E-state index contributed by atoms with van der Waals surface area (Å²) in [5.74, 6) is -0.799. The molecule has 1 aromatic rings. The molecule has 2 heteroatoms. The van der Waals surface area contributed by atoms with Gasteiger partial charge >= 0.3 is 0 Å². The van der Waals surface area contributed by atoms with Crippen molar-refractivity contribution in [3.63, 3.8) is 0 Å². The molecule has 1 aromatic carbocycles. The molecule has 0 aliphatic carbocycles. The average molecular weight is 154 g/mol. The topological polar surface area (TPSA) is 20.2 Å². The molecule has 0 aromatic heterocycles. The zero-order valence-corrected chi connectivity index (χ0v) is 6.69. The summed E-state index contributed by atoms with van der Waals surface area (Å²) >= 11 is 0. The van der Waals surface area contributed by atoms with Crippen LogP contribution in [-0.2, 0) is 6.42 Å². The molecule has 0 atom stereocenters. The van der Waals surface area contributed by atoms with Gasteiger partial charge in [0.1, 0.15) is 0 Å². The molecule has 0 spiro atoms. The van der Waals surface area contributed by atoms with E-state index in [-0.39, 0.29) is 5.75 Å². The predicted molar refractivity (Wildman–Crippen MR) is 42.2 cm³/mol. The van der Waals surface area contributed by atoms with E-state index in [9.17, 15) is 4.39 Å². The van der Waals surface area contributed by atoms with E-state index < -0.39 is 5.82 Å². The normalized spacial score (nSPS) is 10.1. The molecule has 0 saturated heterocycles. The van der Waals surface area contributed by atoms with Gasteiger partial charge in [0.05, 0.1) is 0 Å². The maximum Gasteiger partial charge on any atom is 0.165 e. The first-order valence-electron chi connectivity index (χ1n) is 3.63. The number of aromatic hydroxyl groups is 1. The lowest BCUT2D eigenvalue weighted by Crippen LogP contribution is -1.88. The highest BCUT2D eigenvalue weighted by Crippen LogP contribution is 2.20. The van der Waals surface area contributed by atoms with E-state index in [1.54, 1.807) is 0 Å². The Labute approximate surface area is 65.5 Å². The van der Waals surface area contributed by atoms with Crippen molar-refractivity contribution in [1.29, 1.82) is 0 Å². The largest absolute Gasteiger partial charge is 0.505 e. The van der Waals surface area contributed by atoms with Crippen LogP contribution in [-0.4, -0.2) is 5.11 Å². The van der Waals surface area contributed by atoms with Crippen LogP contribution in [0.5, 0.6) is 5.75 Å². The van der Waals surface area contributed by atoms with Crippen molar-refractivity contribution in [3.05, 3.63) is 29.1 Å². The second kappa shape index (κ2) is 2.91. The summed E-state index contributed by atoms with van der Waals surface area (Å²) in [6.45, 7) is 3.82. The van der Waals surface area contributed by atoms with Gasteiger partial charge < -0.3 is 5.11 Å². The Bertz CT molecular complexity index is 269. The molecular formula is C9H11FO. The SMILES string of the molecule is CCc1cc(F)c(O)cc1C. The van der Waals surface area contributed by atoms with E-state index in [0.717, 1.165) is 17.5 Å². The molecule has 0 fully saturated rings. The Balaban J connectivity index is 3.21. The Morgan fingerprint density at radius 3 is 2.64 bits per heavy atom. The quantitative estimate of drug-likeness (QED) is 0.658. The van der Waals surface area contributed by atoms with Crippen LogP contribution in [0.4, 0.5) is 4.39 Å². The molecule has 0 unspecified atom stereocenters. The number of benzene rings is 1. The van der Waals surface area contributed by atoms with Gasteiger partial charge in [0.2, 0.25) is 0 Å². The van der Waals surface area contributed by atoms with Crippen LogP contribution in [0.3, 0.4) is 0 Å². The molecule has 1 N–H and O–H groups in total. The van der Waals surface area contributed by atoms with Crippen LogP contribution in [0.1, 0.15) is 18.1 Å². The monoisotopic (exact) mass is 154 g/mol. The van der Waals surface area contributed by atoms with Crippen molar-refractivity contribution in [1.82, 2.24) is 0 Å². The fourth-order valence-electron chi connectivity index (χ4n) is 1.09. The minimum absolute atomic E-state index is 0.264. The molecule has 0 amide bonds. The van der Waals surface area contributed by atoms with Crippen LogP contribution in [0.25, 0.3) is 0 Å². The lowest BCUT2D eigenvalue weighted by Gasteiger charge is -2.03. The fourth-order valence-corrected chi connectivity index (χ4v) is 1.09. The maximum absolute atomic E-state index is 12.7. The van der Waals surface area contributed by atoms with Gasteiger partial charge in [-0.05, 0) is 36.6 Å². The van der Waals surface area contributed by atoms with E-state index in [1.807, 2.05) is 13.8 Å². The summed E-state index contributed by atoms with van der Waals surface area (Å²) < 4.78 is 12.7. The summed E-state index contributed by atoms with van der Waals surface area (Å²) in [4.78, 5) is 0. The third-order valence-electron chi connectivity index (χ3n) is 1.79. The van der Waals surface area contributed by atoms with Crippen LogP contribution >= 0.6 is 0 Å². The third-order valence-corrected chi connectivity index (χ3v) is 1.79. The van der Waals surface area contributed by atoms with Crippen molar-refractivity contribution in [2.45, 2.75) is 20.3 Å². The summed E-state index contributed by atoms with van der Waals surface area (Å²) in [6.07, 6.45) is 0.795. The van der Waals surface area contributed by atoms with E-state index in [1.165, 1.54) is 12.1 Å². The van der Waals surface area contributed by atoms with Crippen molar-refractivity contribution >= 4 is 0 Å². The minimum Gasteiger partial charge on any atom is -0.505 e. The highest BCUT2D eigenvalue weighted by atomic mass is 19.1. The van der Waals surface area contributed by atoms with E-state index in [4.69, 9.17) is 5.11 Å². The first-order chi connectivity index (χ1) is 5.15. The van der Waals surface area contributed by atoms with Crippen molar-refractivity contribution < 1.29 is 9.50 Å². The predicted octanol–water partition coefficient (Wildman–Crippen LogP) is 2.40. The molecule has 0 saturated carbocycles. The number of phenols is 1. The lowest BCUT2D eigenvalue weighted by molar-refractivity contribution is 0.431. The number of aryl methyl sites for hydroxylation is 2. The second-order valence-electron chi connectivity index (χ2n) is 2.58. The van der Waals surface area contributed by atoms with E-state index in [0.29, 0.717) is 0 Å². The average Bonchev–Trinajstić information content (AvgIpc) is 1.97. The second-order valence-corrected chi connectivity index (χ2v) is 2.58. The molecular weight excluding hydrogens is 143 g/mol. The first kappa shape index (κ1) is 8.05. The number of halogens is 1. The standard InChI is InChI=1S/C9H11FO/c1-3-7-5-8(10)9(11)4-6(7)2/h4-5,11H,3H2,1-2H3. The minimum atomic E-state index is -0.535. The Morgan fingerprint density at radius 1 is 1.45 bits per heavy atom. The highest BCUT2D eigenvalue weighted by molar-refractivity contribution is 5.35. The number of hydrogen-bond acceptors (Lipinski definition) is 1. The van der Waals surface area contributed by atoms with Crippen molar-refractivity contribution in [2.75, 3.05) is 0 Å². The van der Waals surface area contributed by atoms with Gasteiger partial charge in [-0.25, -0.2) is 4.39 Å². The van der Waals surface area contributed by atoms with Crippen molar-refractivity contribution in [3.8, 4) is 5.75 Å². The van der Waals surface area contributed by atoms with E-state index >= 15 is 0 Å². The third kappa shape index (κ3) is 1.50. The van der Waals surface area contributed by atoms with Crippen molar-refractivity contribution in [2.24, 2.45) is 0 Å². The van der Waals surface area contributed by atoms with Crippen LogP contribution < -0.4 is 0 Å². The molecule has 0 aliphatic heterocycles. The zero-order chi connectivity index (χ0) is 8.43. The van der Waals surface area contributed by atoms with Crippen LogP contribution in [0.15, 0.2) is 12.1 Å². The molecule has 1 rings (SSSR count). The molecule has 0 aliphatic rings. The molecule has 1 nitrogen and oxygen atoms in total. The van der Waals surface area contributed by atoms with Gasteiger partial charge in [0.15, 0.2) is 11.6 Å². The van der Waals surface area contributed by atoms with Crippen LogP contribution in [0.2, 0.25) is 0 Å². The van der Waals surface area contributed by atoms with Gasteiger partial charge in [-0.15, -0.1) is 0 Å². The van der Waals surface area contributed by atoms with Gasteiger partial charge in [-0.3, -0.25) is 0 Å². The fraction of sp³-hybridized carbons (Fsp3) is 0.333. The molecule has 60 valence electrons.